The third-order valence-corrected chi connectivity index (χ3v) is 0. The van der Waals surface area contributed by atoms with Gasteiger partial charge in [0, 0.05) is 0 Å². The average Bonchev–Trinajstić information content (AvgIpc) is 0. The molecule has 0 amide bonds. The van der Waals surface area contributed by atoms with Crippen LogP contribution >= 0.6 is 12.4 Å². The summed E-state index contributed by atoms with van der Waals surface area (Å²) in [4.78, 5) is 0. The van der Waals surface area contributed by atoms with Gasteiger partial charge < -0.3 is 0 Å². The molecule has 5 heavy (non-hydrogen) atoms. The summed E-state index contributed by atoms with van der Waals surface area (Å²) in [7, 11) is 0. The lowest BCUT2D eigenvalue weighted by Crippen LogP contribution is -0.382. The Morgan fingerprint density at radius 1 is 0.600 bits per heavy atom. The van der Waals surface area contributed by atoms with E-state index in [1.807, 2.05) is 0 Å². The zero-order valence-corrected chi connectivity index (χ0v) is 1.22. The third kappa shape index (κ3) is 44.1. The van der Waals surface area contributed by atoms with E-state index in [2.05, 4.69) is 0 Å². The third-order valence-electron chi connectivity index (χ3n) is 0. The molecule has 0 spiro atoms. The maximum absolute atomic E-state index is 0. The highest BCUT2D eigenvalue weighted by molar-refractivity contribution is 5.85. The molecule has 0 N–H and O–H groups in total. The van der Waals surface area contributed by atoms with Crippen LogP contribution in [0.25, 0.3) is 0 Å². The van der Waals surface area contributed by atoms with E-state index in [1.165, 1.54) is 0 Å². The molecule has 0 aromatic carbocycles. The van der Waals surface area contributed by atoms with Gasteiger partial charge in [-0.1, -0.05) is 0 Å². The summed E-state index contributed by atoms with van der Waals surface area (Å²) < 4.78 is 0. The van der Waals surface area contributed by atoms with Gasteiger partial charge in [-0.15, -0.1) is 12.4 Å². The molecule has 0 fully saturated rings. The molecule has 5 heteroatoms. The van der Waals surface area contributed by atoms with Gasteiger partial charge in [0.1, 0.15) is 0 Å². The molecule has 0 aromatic rings. The molecule has 0 saturated heterocycles. The maximum atomic E-state index is 0. The monoisotopic (exact) mass is 108 g/mol. The molecular weight excluding hydrogens is 94.9 g/mol. The fourth-order valence-corrected chi connectivity index (χ4v) is 0. The van der Waals surface area contributed by atoms with Crippen LogP contribution in [0.3, 0.4) is 0 Å². The molecule has 0 unspecified atom stereocenters. The van der Waals surface area contributed by atoms with Crippen LogP contribution in [-0.4, -0.2) is 42.6 Å². The van der Waals surface area contributed by atoms with Crippen molar-refractivity contribution in [2.75, 3.05) is 0 Å². The van der Waals surface area contributed by atoms with Crippen LogP contribution in [0.4, 0.5) is 0 Å². The normalized spacial score (nSPS) is 0. The topological polar surface area (TPSA) is 0 Å². The van der Waals surface area contributed by atoms with Crippen molar-refractivity contribution in [3.8, 4) is 0 Å². The van der Waals surface area contributed by atoms with Crippen molar-refractivity contribution < 1.29 is 0 Å². The minimum atomic E-state index is 0. The Hall–Kier alpha value is 1.02. The van der Waals surface area contributed by atoms with E-state index in [0.717, 1.165) is 0 Å². The predicted molar refractivity (Wildman–Crippen MR) is 47.0 cm³/mol. The lowest BCUT2D eigenvalue weighted by Gasteiger charge is -0.147. The molecule has 0 heterocycles. The van der Waals surface area contributed by atoms with Crippen LogP contribution in [-0.2, 0) is 0 Å². The number of hydrogen-bond acceptors (Lipinski definition) is 0. The second kappa shape index (κ2) is 78.2. The molecule has 0 rings (SSSR count). The number of halogens is 1. The van der Waals surface area contributed by atoms with E-state index >= 15 is 0 Å². The second-order valence-corrected chi connectivity index (χ2v) is 0. The highest BCUT2D eigenvalue weighted by Crippen LogP contribution is 0.690. The summed E-state index contributed by atoms with van der Waals surface area (Å²) in [6, 6.07) is 0. The summed E-state index contributed by atoms with van der Waals surface area (Å²) >= 11 is 0. The Balaban J connectivity index is 0. The molecular formula is H13AlB3Cl. The van der Waals surface area contributed by atoms with Gasteiger partial charge in [-0.05, 0) is 0 Å². The molecule has 0 aromatic heterocycles. The SMILES string of the molecule is B.B.B.Cl.[AlH3]. The van der Waals surface area contributed by atoms with Crippen LogP contribution in [0, 0.1) is 0 Å². The first-order valence-electron chi connectivity index (χ1n) is 0. The van der Waals surface area contributed by atoms with Gasteiger partial charge in [-0.2, -0.15) is 0 Å². The Labute approximate surface area is 55.4 Å². The van der Waals surface area contributed by atoms with E-state index in [1.54, 1.807) is 0 Å². The van der Waals surface area contributed by atoms with E-state index < -0.39 is 0 Å². The number of rotatable bonds is 0. The van der Waals surface area contributed by atoms with Crippen molar-refractivity contribution in [2.24, 2.45) is 0 Å². The van der Waals surface area contributed by atoms with Crippen molar-refractivity contribution in [1.82, 2.24) is 0 Å². The largest absolute Gasteiger partial charge is 0.187 e. The standard InChI is InChI=1S/Al.3BH3.ClH.3H/h;3*1H3;1H;;;. The van der Waals surface area contributed by atoms with Gasteiger partial charge >= 0.3 is 0 Å². The van der Waals surface area contributed by atoms with E-state index in [0.29, 0.717) is 0 Å². The quantitative estimate of drug-likeness (QED) is 0.275. The zero-order chi connectivity index (χ0) is 0. The Morgan fingerprint density at radius 2 is 0.600 bits per heavy atom. The summed E-state index contributed by atoms with van der Waals surface area (Å²) in [5.41, 5.74) is 0. The molecule has 0 radical (unpaired) electrons. The van der Waals surface area contributed by atoms with Crippen molar-refractivity contribution in [3.63, 3.8) is 0 Å². The van der Waals surface area contributed by atoms with Gasteiger partial charge in [-0.25, -0.2) is 0 Å². The smallest absolute Gasteiger partial charge is 0.147 e. The van der Waals surface area contributed by atoms with E-state index in [-0.39, 0.29) is 55.0 Å². The molecule has 0 nitrogen and oxygen atoms in total. The summed E-state index contributed by atoms with van der Waals surface area (Å²) in [5.74, 6) is 0. The van der Waals surface area contributed by atoms with Gasteiger partial charge in [-0.3, -0.25) is 0 Å². The maximum Gasteiger partial charge on any atom is 0.187 e. The average molecular weight is 108 g/mol. The van der Waals surface area contributed by atoms with Crippen LogP contribution in [0.2, 0.25) is 0 Å². The van der Waals surface area contributed by atoms with Crippen LogP contribution in [0.15, 0.2) is 0 Å². The molecule has 32 valence electrons. The van der Waals surface area contributed by atoms with Crippen molar-refractivity contribution in [2.45, 2.75) is 0 Å². The first-order valence-corrected chi connectivity index (χ1v) is 0. The molecule has 0 atom stereocenters. The highest BCUT2D eigenvalue weighted by atomic mass is 35.5. The van der Waals surface area contributed by atoms with Gasteiger partial charge in [0.15, 0.2) is 17.4 Å². The number of hydrogen-bond donors (Lipinski definition) is 0. The lowest BCUT2D eigenvalue weighted by atomic mass is 10.8. The zero-order valence-electron chi connectivity index (χ0n) is 0.408. The summed E-state index contributed by atoms with van der Waals surface area (Å²) in [6.07, 6.45) is 0. The minimum absolute atomic E-state index is 0. The van der Waals surface area contributed by atoms with E-state index in [9.17, 15) is 0 Å². The van der Waals surface area contributed by atoms with Crippen molar-refractivity contribution >= 4 is 55.0 Å². The van der Waals surface area contributed by atoms with Crippen LogP contribution in [0.1, 0.15) is 0 Å². The van der Waals surface area contributed by atoms with Gasteiger partial charge in [0.2, 0.25) is 0 Å². The minimum Gasteiger partial charge on any atom is -0.147 e. The fourth-order valence-electron chi connectivity index (χ4n) is 0. The second-order valence-electron chi connectivity index (χ2n) is 0. The molecule has 0 aliphatic carbocycles. The van der Waals surface area contributed by atoms with Crippen molar-refractivity contribution in [3.05, 3.63) is 0 Å². The predicted octanol–water partition coefficient (Wildman–Crippen LogP) is -4.31. The van der Waals surface area contributed by atoms with Crippen LogP contribution < -0.4 is 0 Å². The van der Waals surface area contributed by atoms with Crippen molar-refractivity contribution in [1.29, 1.82) is 0 Å². The fraction of sp³-hybridized carbons (Fsp3) is 0. The summed E-state index contributed by atoms with van der Waals surface area (Å²) in [5, 5.41) is 0. The first-order chi connectivity index (χ1) is 0. The van der Waals surface area contributed by atoms with Crippen LogP contribution in [0.5, 0.6) is 0 Å². The van der Waals surface area contributed by atoms with E-state index in [4.69, 9.17) is 0 Å². The Bertz CT molecular complexity index is 6.85. The Morgan fingerprint density at radius 3 is 0.600 bits per heavy atom. The molecule has 0 bridgehead atoms. The molecule has 0 saturated carbocycles. The summed E-state index contributed by atoms with van der Waals surface area (Å²) in [6.45, 7) is 0. The lowest BCUT2D eigenvalue weighted by molar-refractivity contribution is 5.75. The van der Waals surface area contributed by atoms with Gasteiger partial charge in [0.25, 0.3) is 0 Å². The molecule has 0 aliphatic rings. The Kier molecular flexibility index (Phi) is 2290. The molecule has 0 aliphatic heterocycles. The highest BCUT2D eigenvalue weighted by Gasteiger charge is 0.187. The van der Waals surface area contributed by atoms with Gasteiger partial charge in [0.05, 0.1) is 25.2 Å². The first kappa shape index (κ1) is 146.